The highest BCUT2D eigenvalue weighted by Gasteiger charge is 2.63. The van der Waals surface area contributed by atoms with Crippen LogP contribution < -0.4 is 4.90 Å². The molecule has 1 N–H and O–H groups in total. The van der Waals surface area contributed by atoms with E-state index < -0.39 is 24.2 Å². The number of alkyl halides is 3. The molecule has 0 spiro atoms. The third-order valence-corrected chi connectivity index (χ3v) is 6.21. The summed E-state index contributed by atoms with van der Waals surface area (Å²) in [6.07, 6.45) is -3.63. The lowest BCUT2D eigenvalue weighted by atomic mass is 9.89. The zero-order valence-electron chi connectivity index (χ0n) is 16.3. The van der Waals surface area contributed by atoms with Gasteiger partial charge in [-0.25, -0.2) is 4.79 Å². The van der Waals surface area contributed by atoms with Gasteiger partial charge in [0, 0.05) is 27.8 Å². The Labute approximate surface area is 196 Å². The first-order chi connectivity index (χ1) is 15.0. The summed E-state index contributed by atoms with van der Waals surface area (Å²) in [5.41, 5.74) is -2.84. The van der Waals surface area contributed by atoms with E-state index in [9.17, 15) is 23.1 Å². The maximum atomic E-state index is 14.3. The lowest BCUT2D eigenvalue weighted by molar-refractivity contribution is -0.275. The van der Waals surface area contributed by atoms with E-state index in [-0.39, 0.29) is 37.9 Å². The molecule has 32 heavy (non-hydrogen) atoms. The zero-order valence-corrected chi connectivity index (χ0v) is 18.6. The van der Waals surface area contributed by atoms with Crippen molar-refractivity contribution in [1.29, 1.82) is 0 Å². The van der Waals surface area contributed by atoms with Crippen molar-refractivity contribution in [1.82, 2.24) is 0 Å². The lowest BCUT2D eigenvalue weighted by Gasteiger charge is -2.31. The van der Waals surface area contributed by atoms with Gasteiger partial charge in [-0.2, -0.15) is 13.2 Å². The van der Waals surface area contributed by atoms with Crippen LogP contribution in [0.1, 0.15) is 35.2 Å². The average molecular weight is 508 g/mol. The van der Waals surface area contributed by atoms with Crippen molar-refractivity contribution in [3.05, 3.63) is 62.6 Å². The topological polar surface area (TPSA) is 62.1 Å². The molecule has 1 aliphatic heterocycles. The maximum absolute atomic E-state index is 14.3. The number of aromatic carboxylic acids is 1. The van der Waals surface area contributed by atoms with Gasteiger partial charge in [-0.15, -0.1) is 0 Å². The largest absolute Gasteiger partial charge is 0.478 e. The van der Waals surface area contributed by atoms with Crippen molar-refractivity contribution >= 4 is 52.3 Å². The molecule has 2 aromatic carbocycles. The van der Waals surface area contributed by atoms with Crippen LogP contribution in [0.5, 0.6) is 0 Å². The van der Waals surface area contributed by atoms with Gasteiger partial charge in [-0.05, 0) is 55.2 Å². The molecular formula is C21H16Cl3F3N2O3. The summed E-state index contributed by atoms with van der Waals surface area (Å²) >= 11 is 17.9. The quantitative estimate of drug-likeness (QED) is 0.486. The number of carboxylic acid groups (broad SMARTS) is 1. The van der Waals surface area contributed by atoms with Crippen LogP contribution in [0.2, 0.25) is 15.1 Å². The molecule has 1 heterocycles. The normalized spacial score (nSPS) is 20.6. The minimum Gasteiger partial charge on any atom is -0.478 e. The molecule has 0 saturated heterocycles. The third kappa shape index (κ3) is 4.36. The minimum atomic E-state index is -4.83. The number of halogens is 6. The summed E-state index contributed by atoms with van der Waals surface area (Å²) in [5.74, 6) is -0.974. The SMILES string of the molecule is O=C(O)c1cc(N(CC2CC2)C2=NOC(c3cc(Cl)cc(Cl)c3)(C(F)(F)F)C2)ccc1Cl. The molecular weight excluding hydrogens is 492 g/mol. The fourth-order valence-corrected chi connectivity index (χ4v) is 4.31. The Morgan fingerprint density at radius 3 is 2.38 bits per heavy atom. The summed E-state index contributed by atoms with van der Waals surface area (Å²) in [6, 6.07) is 7.88. The molecule has 0 bridgehead atoms. The summed E-state index contributed by atoms with van der Waals surface area (Å²) < 4.78 is 42.9. The Bertz CT molecular complexity index is 1090. The van der Waals surface area contributed by atoms with Crippen LogP contribution in [-0.2, 0) is 10.4 Å². The van der Waals surface area contributed by atoms with Crippen molar-refractivity contribution in [3.8, 4) is 0 Å². The van der Waals surface area contributed by atoms with E-state index in [0.717, 1.165) is 25.0 Å². The molecule has 2 aliphatic rings. The monoisotopic (exact) mass is 506 g/mol. The van der Waals surface area contributed by atoms with Gasteiger partial charge < -0.3 is 14.8 Å². The number of hydrogen-bond donors (Lipinski definition) is 1. The number of anilines is 1. The minimum absolute atomic E-state index is 0.0176. The average Bonchev–Trinajstić information content (AvgIpc) is 3.39. The smallest absolute Gasteiger partial charge is 0.435 e. The van der Waals surface area contributed by atoms with Crippen LogP contribution in [0.25, 0.3) is 0 Å². The fourth-order valence-electron chi connectivity index (χ4n) is 3.58. The second kappa shape index (κ2) is 8.32. The molecule has 1 unspecified atom stereocenters. The van der Waals surface area contributed by atoms with Gasteiger partial charge in [0.15, 0.2) is 5.84 Å². The first-order valence-corrected chi connectivity index (χ1v) is 10.7. The second-order valence-corrected chi connectivity index (χ2v) is 9.06. The number of nitrogens with zero attached hydrogens (tertiary/aromatic N) is 2. The number of amidine groups is 1. The van der Waals surface area contributed by atoms with Gasteiger partial charge in [-0.1, -0.05) is 40.0 Å². The number of oxime groups is 1. The Morgan fingerprint density at radius 1 is 1.16 bits per heavy atom. The summed E-state index contributed by atoms with van der Waals surface area (Å²) in [4.78, 5) is 18.1. The van der Waals surface area contributed by atoms with Gasteiger partial charge in [0.1, 0.15) is 0 Å². The van der Waals surface area contributed by atoms with E-state index in [4.69, 9.17) is 39.6 Å². The van der Waals surface area contributed by atoms with Crippen LogP contribution in [0.3, 0.4) is 0 Å². The predicted molar refractivity (Wildman–Crippen MR) is 116 cm³/mol. The zero-order chi connectivity index (χ0) is 23.3. The summed E-state index contributed by atoms with van der Waals surface area (Å²) in [6.45, 7) is 0.368. The molecule has 1 fully saturated rings. The lowest BCUT2D eigenvalue weighted by Crippen LogP contribution is -2.44. The summed E-state index contributed by atoms with van der Waals surface area (Å²) in [7, 11) is 0. The fraction of sp³-hybridized carbons (Fsp3) is 0.333. The predicted octanol–water partition coefficient (Wildman–Crippen LogP) is 6.75. The molecule has 4 rings (SSSR count). The molecule has 1 saturated carbocycles. The molecule has 1 atom stereocenters. The van der Waals surface area contributed by atoms with E-state index in [1.165, 1.54) is 18.2 Å². The van der Waals surface area contributed by atoms with Crippen molar-refractivity contribution in [3.63, 3.8) is 0 Å². The Hall–Kier alpha value is -2.16. The molecule has 0 radical (unpaired) electrons. The van der Waals surface area contributed by atoms with E-state index in [1.54, 1.807) is 11.0 Å². The van der Waals surface area contributed by atoms with Crippen LogP contribution in [-0.4, -0.2) is 29.6 Å². The molecule has 2 aromatic rings. The highest BCUT2D eigenvalue weighted by Crippen LogP contribution is 2.50. The molecule has 5 nitrogen and oxygen atoms in total. The number of hydrogen-bond acceptors (Lipinski definition) is 4. The van der Waals surface area contributed by atoms with Crippen molar-refractivity contribution in [2.24, 2.45) is 11.1 Å². The molecule has 1 aliphatic carbocycles. The number of carbonyl (C=O) groups is 1. The maximum Gasteiger partial charge on any atom is 0.435 e. The van der Waals surface area contributed by atoms with Gasteiger partial charge in [0.25, 0.3) is 5.60 Å². The van der Waals surface area contributed by atoms with Gasteiger partial charge in [-0.3, -0.25) is 0 Å². The molecule has 0 aromatic heterocycles. The van der Waals surface area contributed by atoms with Gasteiger partial charge >= 0.3 is 12.1 Å². The van der Waals surface area contributed by atoms with Crippen LogP contribution >= 0.6 is 34.8 Å². The number of benzene rings is 2. The Kier molecular flexibility index (Phi) is 5.98. The summed E-state index contributed by atoms with van der Waals surface area (Å²) in [5, 5.41) is 13.3. The Balaban J connectivity index is 1.74. The van der Waals surface area contributed by atoms with Crippen molar-refractivity contribution < 1.29 is 27.9 Å². The molecule has 170 valence electrons. The van der Waals surface area contributed by atoms with E-state index in [2.05, 4.69) is 5.16 Å². The van der Waals surface area contributed by atoms with E-state index in [0.29, 0.717) is 12.2 Å². The molecule has 0 amide bonds. The number of rotatable bonds is 5. The van der Waals surface area contributed by atoms with Crippen molar-refractivity contribution in [2.45, 2.75) is 31.0 Å². The van der Waals surface area contributed by atoms with Crippen LogP contribution in [0.15, 0.2) is 41.6 Å². The van der Waals surface area contributed by atoms with Gasteiger partial charge in [0.2, 0.25) is 0 Å². The first-order valence-electron chi connectivity index (χ1n) is 9.59. The number of carboxylic acids is 1. The highest BCUT2D eigenvalue weighted by molar-refractivity contribution is 6.34. The van der Waals surface area contributed by atoms with Gasteiger partial charge in [0.05, 0.1) is 17.0 Å². The van der Waals surface area contributed by atoms with Crippen LogP contribution in [0, 0.1) is 5.92 Å². The van der Waals surface area contributed by atoms with E-state index in [1.807, 2.05) is 0 Å². The van der Waals surface area contributed by atoms with Crippen molar-refractivity contribution in [2.75, 3.05) is 11.4 Å². The standard InChI is InChI=1S/C21H16Cl3F3N2O3/c22-13-5-12(6-14(23)7-13)20(21(25,26)27)9-18(28-32-20)29(10-11-1-2-11)15-3-4-17(24)16(8-15)19(30)31/h3-8,11H,1-2,9-10H2,(H,30,31). The molecule has 11 heteroatoms. The first kappa shape index (κ1) is 23.0. The second-order valence-electron chi connectivity index (χ2n) is 7.78. The highest BCUT2D eigenvalue weighted by atomic mass is 35.5. The van der Waals surface area contributed by atoms with E-state index >= 15 is 0 Å². The van der Waals surface area contributed by atoms with Crippen LogP contribution in [0.4, 0.5) is 18.9 Å². The third-order valence-electron chi connectivity index (χ3n) is 5.44. The Morgan fingerprint density at radius 2 is 1.81 bits per heavy atom.